The van der Waals surface area contributed by atoms with Gasteiger partial charge in [0.15, 0.2) is 30.5 Å². The van der Waals surface area contributed by atoms with Crippen LogP contribution in [0.3, 0.4) is 0 Å². The molecular weight excluding hydrogens is 399 g/mol. The summed E-state index contributed by atoms with van der Waals surface area (Å²) in [5, 5.41) is 4.05. The number of rotatable bonds is 8. The average molecular weight is 418 g/mol. The predicted octanol–water partition coefficient (Wildman–Crippen LogP) is 2.31. The molecule has 0 heterocycles. The number of amides is 3. The number of benzene rings is 2. The molecule has 0 fully saturated rings. The zero-order valence-electron chi connectivity index (χ0n) is 16.2. The molecule has 2 N–H and O–H groups in total. The molecule has 2 aromatic carbocycles. The fourth-order valence-corrected chi connectivity index (χ4v) is 2.21. The van der Waals surface area contributed by atoms with Crippen molar-refractivity contribution in [2.45, 2.75) is 6.92 Å². The van der Waals surface area contributed by atoms with Gasteiger partial charge in [0.05, 0.1) is 12.8 Å². The molecule has 0 aromatic heterocycles. The highest BCUT2D eigenvalue weighted by molar-refractivity contribution is 6.02. The van der Waals surface area contributed by atoms with Crippen LogP contribution in [0.15, 0.2) is 42.5 Å². The van der Waals surface area contributed by atoms with E-state index in [-0.39, 0.29) is 23.0 Å². The molecule has 10 heteroatoms. The van der Waals surface area contributed by atoms with Crippen molar-refractivity contribution >= 4 is 29.4 Å². The first-order valence-electron chi connectivity index (χ1n) is 8.63. The second kappa shape index (κ2) is 10.6. The molecule has 0 aliphatic carbocycles. The number of anilines is 1. The van der Waals surface area contributed by atoms with E-state index in [0.717, 1.165) is 6.07 Å². The topological polar surface area (TPSA) is 120 Å². The highest BCUT2D eigenvalue weighted by Gasteiger charge is 2.14. The number of ketones is 1. The van der Waals surface area contributed by atoms with Crippen molar-refractivity contribution in [1.82, 2.24) is 5.32 Å². The van der Waals surface area contributed by atoms with Crippen molar-refractivity contribution in [2.75, 3.05) is 25.6 Å². The number of methoxy groups -OCH3 is 1. The minimum atomic E-state index is -0.979. The minimum Gasteiger partial charge on any atom is -0.493 e. The normalized spacial score (nSPS) is 9.97. The van der Waals surface area contributed by atoms with Crippen molar-refractivity contribution in [3.63, 3.8) is 0 Å². The number of carbonyl (C=O) groups is 4. The second-order valence-corrected chi connectivity index (χ2v) is 5.85. The highest BCUT2D eigenvalue weighted by Crippen LogP contribution is 2.28. The van der Waals surface area contributed by atoms with Crippen molar-refractivity contribution in [3.05, 3.63) is 53.8 Å². The van der Waals surface area contributed by atoms with E-state index in [4.69, 9.17) is 14.2 Å². The van der Waals surface area contributed by atoms with E-state index in [1.807, 2.05) is 5.32 Å². The second-order valence-electron chi connectivity index (χ2n) is 5.85. The average Bonchev–Trinajstić information content (AvgIpc) is 2.72. The Morgan fingerprint density at radius 3 is 2.40 bits per heavy atom. The van der Waals surface area contributed by atoms with Gasteiger partial charge in [-0.05, 0) is 37.3 Å². The Kier molecular flexibility index (Phi) is 7.86. The Hall–Kier alpha value is -3.95. The van der Waals surface area contributed by atoms with Crippen LogP contribution in [0.5, 0.6) is 11.5 Å². The largest absolute Gasteiger partial charge is 0.493 e. The molecule has 30 heavy (non-hydrogen) atoms. The van der Waals surface area contributed by atoms with Gasteiger partial charge < -0.3 is 19.5 Å². The summed E-state index contributed by atoms with van der Waals surface area (Å²) in [6.45, 7) is 0.117. The van der Waals surface area contributed by atoms with E-state index in [0.29, 0.717) is 5.56 Å². The lowest BCUT2D eigenvalue weighted by atomic mass is 10.1. The summed E-state index contributed by atoms with van der Waals surface area (Å²) in [6, 6.07) is 8.85. The van der Waals surface area contributed by atoms with Crippen LogP contribution in [0.25, 0.3) is 0 Å². The van der Waals surface area contributed by atoms with E-state index in [1.54, 1.807) is 0 Å². The quantitative estimate of drug-likeness (QED) is 0.499. The monoisotopic (exact) mass is 418 g/mol. The van der Waals surface area contributed by atoms with Gasteiger partial charge in [0, 0.05) is 5.56 Å². The third-order valence-corrected chi connectivity index (χ3v) is 3.65. The molecule has 0 spiro atoms. The Morgan fingerprint density at radius 2 is 1.73 bits per heavy atom. The highest BCUT2D eigenvalue weighted by atomic mass is 19.1. The summed E-state index contributed by atoms with van der Waals surface area (Å²) in [6.07, 6.45) is 0. The van der Waals surface area contributed by atoms with E-state index in [2.05, 4.69) is 5.32 Å². The summed E-state index contributed by atoms with van der Waals surface area (Å²) in [7, 11) is 1.38. The van der Waals surface area contributed by atoms with Gasteiger partial charge >= 0.3 is 12.0 Å². The van der Waals surface area contributed by atoms with E-state index >= 15 is 0 Å². The van der Waals surface area contributed by atoms with Gasteiger partial charge in [-0.1, -0.05) is 12.1 Å². The molecule has 0 saturated heterocycles. The SMILES string of the molecule is COc1cc(C(C)=O)ccc1OCC(=O)OCC(=O)NC(=O)Nc1ccccc1F. The molecule has 0 aliphatic rings. The fourth-order valence-electron chi connectivity index (χ4n) is 2.21. The van der Waals surface area contributed by atoms with Crippen LogP contribution in [0, 0.1) is 5.82 Å². The van der Waals surface area contributed by atoms with Gasteiger partial charge in [-0.15, -0.1) is 0 Å². The smallest absolute Gasteiger partial charge is 0.344 e. The first kappa shape index (κ1) is 22.3. The molecule has 0 radical (unpaired) electrons. The zero-order chi connectivity index (χ0) is 22.1. The van der Waals surface area contributed by atoms with Crippen molar-refractivity contribution in [3.8, 4) is 11.5 Å². The molecule has 2 aromatic rings. The fraction of sp³-hybridized carbons (Fsp3) is 0.200. The molecule has 0 aliphatic heterocycles. The molecule has 0 saturated carbocycles. The summed E-state index contributed by atoms with van der Waals surface area (Å²) < 4.78 is 28.5. The van der Waals surface area contributed by atoms with Gasteiger partial charge in [-0.2, -0.15) is 0 Å². The number of hydrogen-bond donors (Lipinski definition) is 2. The number of halogens is 1. The number of urea groups is 1. The van der Waals surface area contributed by atoms with Gasteiger partial charge in [0.1, 0.15) is 5.82 Å². The summed E-state index contributed by atoms with van der Waals surface area (Å²) in [5.74, 6) is -2.18. The van der Waals surface area contributed by atoms with Crippen molar-refractivity contribution in [1.29, 1.82) is 0 Å². The van der Waals surface area contributed by atoms with E-state index in [9.17, 15) is 23.6 Å². The third kappa shape index (κ3) is 6.59. The Bertz CT molecular complexity index is 962. The molecular formula is C20H19FN2O7. The number of ether oxygens (including phenoxy) is 3. The molecule has 3 amide bonds. The summed E-state index contributed by atoms with van der Waals surface area (Å²) >= 11 is 0. The first-order valence-corrected chi connectivity index (χ1v) is 8.63. The number of nitrogens with one attached hydrogen (secondary N) is 2. The number of imide groups is 1. The maximum atomic E-state index is 13.4. The molecule has 9 nitrogen and oxygen atoms in total. The van der Waals surface area contributed by atoms with Crippen LogP contribution in [0.1, 0.15) is 17.3 Å². The Balaban J connectivity index is 1.78. The lowest BCUT2D eigenvalue weighted by Crippen LogP contribution is -2.37. The van der Waals surface area contributed by atoms with Gasteiger partial charge in [0.2, 0.25) is 0 Å². The maximum absolute atomic E-state index is 13.4. The number of hydrogen-bond acceptors (Lipinski definition) is 7. The Morgan fingerprint density at radius 1 is 1.00 bits per heavy atom. The maximum Gasteiger partial charge on any atom is 0.344 e. The number of carbonyl (C=O) groups excluding carboxylic acids is 4. The summed E-state index contributed by atoms with van der Waals surface area (Å²) in [5.41, 5.74) is 0.296. The molecule has 2 rings (SSSR count). The minimum absolute atomic E-state index is 0.113. The first-order chi connectivity index (χ1) is 14.3. The van der Waals surface area contributed by atoms with Gasteiger partial charge in [-0.25, -0.2) is 14.0 Å². The van der Waals surface area contributed by atoms with Crippen LogP contribution >= 0.6 is 0 Å². The number of esters is 1. The zero-order valence-corrected chi connectivity index (χ0v) is 16.2. The van der Waals surface area contributed by atoms with Crippen LogP contribution in [0.4, 0.5) is 14.9 Å². The molecule has 0 atom stereocenters. The number of Topliss-reactive ketones (excluding diaryl/α,β-unsaturated/α-hetero) is 1. The van der Waals surface area contributed by atoms with Crippen molar-refractivity contribution in [2.24, 2.45) is 0 Å². The Labute approximate surface area is 171 Å². The van der Waals surface area contributed by atoms with Gasteiger partial charge in [0.25, 0.3) is 5.91 Å². The number of para-hydroxylation sites is 1. The van der Waals surface area contributed by atoms with Gasteiger partial charge in [-0.3, -0.25) is 14.9 Å². The molecule has 0 unspecified atom stereocenters. The summed E-state index contributed by atoms with van der Waals surface area (Å²) in [4.78, 5) is 46.5. The van der Waals surface area contributed by atoms with Crippen LogP contribution < -0.4 is 20.1 Å². The van der Waals surface area contributed by atoms with Crippen LogP contribution in [-0.2, 0) is 14.3 Å². The van der Waals surface area contributed by atoms with Crippen LogP contribution in [0.2, 0.25) is 0 Å². The lowest BCUT2D eigenvalue weighted by molar-refractivity contribution is -0.150. The predicted molar refractivity (Wildman–Crippen MR) is 103 cm³/mol. The molecule has 158 valence electrons. The van der Waals surface area contributed by atoms with Crippen molar-refractivity contribution < 1.29 is 37.8 Å². The third-order valence-electron chi connectivity index (χ3n) is 3.65. The van der Waals surface area contributed by atoms with E-state index in [1.165, 1.54) is 50.4 Å². The lowest BCUT2D eigenvalue weighted by Gasteiger charge is -2.11. The van der Waals surface area contributed by atoms with E-state index < -0.39 is 36.9 Å². The standard InChI is InChI=1S/C20H19FN2O7/c1-12(24)13-7-8-16(17(9-13)28-2)29-11-19(26)30-10-18(25)23-20(27)22-15-6-4-3-5-14(15)21/h3-9H,10-11H2,1-2H3,(H2,22,23,25,27). The van der Waals surface area contributed by atoms with Crippen LogP contribution in [-0.4, -0.2) is 44.0 Å². The molecule has 0 bridgehead atoms.